The Morgan fingerprint density at radius 3 is 2.58 bits per heavy atom. The number of rotatable bonds is 5. The normalized spacial score (nSPS) is 20.3. The van der Waals surface area contributed by atoms with Gasteiger partial charge in [0.1, 0.15) is 0 Å². The molecule has 1 aromatic heterocycles. The summed E-state index contributed by atoms with van der Waals surface area (Å²) < 4.78 is 0. The molecule has 0 atom stereocenters. The molecule has 0 saturated carbocycles. The fourth-order valence-electron chi connectivity index (χ4n) is 3.92. The van der Waals surface area contributed by atoms with Crippen LogP contribution in [0.15, 0.2) is 60.5 Å². The van der Waals surface area contributed by atoms with Crippen LogP contribution in [0.4, 0.5) is 0 Å². The van der Waals surface area contributed by atoms with Gasteiger partial charge in [0.15, 0.2) is 0 Å². The molecule has 0 N–H and O–H groups in total. The van der Waals surface area contributed by atoms with Gasteiger partial charge in [-0.25, -0.2) is 0 Å². The Hall–Kier alpha value is -1.93. The Bertz CT molecular complexity index is 758. The predicted molar refractivity (Wildman–Crippen MR) is 112 cm³/mol. The molecule has 2 heteroatoms. The molecule has 1 aromatic rings. The summed E-state index contributed by atoms with van der Waals surface area (Å²) in [5.74, 6) is 0. The third-order valence-electron chi connectivity index (χ3n) is 5.68. The molecule has 3 rings (SSSR count). The standard InChI is InChI=1S/C24H32N2/c1-18(2)19(3)23-14-21(9-10-24(23,4)5)22-13-20(15-25-16-22)17-26-11-7-6-8-12-26/h9,13-16H,1,3,6-8,10-12,17H2,2,4-5H3. The van der Waals surface area contributed by atoms with E-state index in [2.05, 4.69) is 55.1 Å². The molecule has 1 saturated heterocycles. The lowest BCUT2D eigenvalue weighted by molar-refractivity contribution is 0.220. The van der Waals surface area contributed by atoms with Gasteiger partial charge in [-0.1, -0.05) is 51.2 Å². The van der Waals surface area contributed by atoms with Crippen molar-refractivity contribution in [2.75, 3.05) is 13.1 Å². The highest BCUT2D eigenvalue weighted by molar-refractivity contribution is 5.78. The number of nitrogens with zero attached hydrogens (tertiary/aromatic N) is 2. The van der Waals surface area contributed by atoms with Crippen molar-refractivity contribution >= 4 is 5.57 Å². The monoisotopic (exact) mass is 348 g/mol. The van der Waals surface area contributed by atoms with E-state index in [1.165, 1.54) is 54.6 Å². The number of aromatic nitrogens is 1. The van der Waals surface area contributed by atoms with Crippen LogP contribution in [0.5, 0.6) is 0 Å². The van der Waals surface area contributed by atoms with E-state index in [-0.39, 0.29) is 5.41 Å². The maximum absolute atomic E-state index is 4.53. The quantitative estimate of drug-likeness (QED) is 0.612. The van der Waals surface area contributed by atoms with E-state index in [1.54, 1.807) is 0 Å². The van der Waals surface area contributed by atoms with Gasteiger partial charge in [0, 0.05) is 24.5 Å². The van der Waals surface area contributed by atoms with Crippen LogP contribution in [0.1, 0.15) is 57.6 Å². The first-order valence-electron chi connectivity index (χ1n) is 9.81. The third kappa shape index (κ3) is 4.24. The highest BCUT2D eigenvalue weighted by Crippen LogP contribution is 2.42. The number of hydrogen-bond acceptors (Lipinski definition) is 2. The fraction of sp³-hybridized carbons (Fsp3) is 0.458. The molecule has 0 bridgehead atoms. The zero-order chi connectivity index (χ0) is 18.7. The van der Waals surface area contributed by atoms with Crippen molar-refractivity contribution in [3.63, 3.8) is 0 Å². The van der Waals surface area contributed by atoms with Gasteiger partial charge in [0.25, 0.3) is 0 Å². The summed E-state index contributed by atoms with van der Waals surface area (Å²) >= 11 is 0. The lowest BCUT2D eigenvalue weighted by Gasteiger charge is -2.32. The van der Waals surface area contributed by atoms with E-state index < -0.39 is 0 Å². The molecule has 26 heavy (non-hydrogen) atoms. The van der Waals surface area contributed by atoms with Crippen molar-refractivity contribution in [2.24, 2.45) is 5.41 Å². The average molecular weight is 349 g/mol. The summed E-state index contributed by atoms with van der Waals surface area (Å²) in [4.78, 5) is 7.08. The molecule has 1 fully saturated rings. The van der Waals surface area contributed by atoms with Crippen molar-refractivity contribution in [1.82, 2.24) is 9.88 Å². The summed E-state index contributed by atoms with van der Waals surface area (Å²) in [5.41, 5.74) is 7.28. The summed E-state index contributed by atoms with van der Waals surface area (Å²) in [5, 5.41) is 0. The first-order chi connectivity index (χ1) is 12.4. The SMILES string of the molecule is C=C(C)C(=C)C1=CC(c2cncc(CN3CCCCC3)c2)=CCC1(C)C. The van der Waals surface area contributed by atoms with Crippen molar-refractivity contribution in [1.29, 1.82) is 0 Å². The lowest BCUT2D eigenvalue weighted by atomic mass is 9.72. The van der Waals surface area contributed by atoms with Crippen LogP contribution in [0.2, 0.25) is 0 Å². The predicted octanol–water partition coefficient (Wildman–Crippen LogP) is 5.94. The van der Waals surface area contributed by atoms with Crippen LogP contribution in [0, 0.1) is 5.41 Å². The van der Waals surface area contributed by atoms with Crippen LogP contribution in [0.3, 0.4) is 0 Å². The molecule has 2 aliphatic rings. The van der Waals surface area contributed by atoms with Crippen LogP contribution >= 0.6 is 0 Å². The van der Waals surface area contributed by atoms with E-state index in [0.717, 1.165) is 24.1 Å². The van der Waals surface area contributed by atoms with Gasteiger partial charge in [-0.15, -0.1) is 0 Å². The Morgan fingerprint density at radius 1 is 1.15 bits per heavy atom. The van der Waals surface area contributed by atoms with Crippen molar-refractivity contribution in [2.45, 2.75) is 53.0 Å². The molecule has 2 nitrogen and oxygen atoms in total. The zero-order valence-electron chi connectivity index (χ0n) is 16.6. The van der Waals surface area contributed by atoms with Crippen LogP contribution in [-0.4, -0.2) is 23.0 Å². The maximum atomic E-state index is 4.53. The summed E-state index contributed by atoms with van der Waals surface area (Å²) in [6.45, 7) is 18.4. The van der Waals surface area contributed by atoms with E-state index in [9.17, 15) is 0 Å². The van der Waals surface area contributed by atoms with Gasteiger partial charge in [-0.05, 0) is 73.0 Å². The first kappa shape index (κ1) is 18.8. The summed E-state index contributed by atoms with van der Waals surface area (Å²) in [6, 6.07) is 2.31. The van der Waals surface area contributed by atoms with Gasteiger partial charge in [-0.2, -0.15) is 0 Å². The number of allylic oxidation sites excluding steroid dienone is 6. The molecular formula is C24H32N2. The highest BCUT2D eigenvalue weighted by Gasteiger charge is 2.28. The highest BCUT2D eigenvalue weighted by atomic mass is 15.1. The molecular weight excluding hydrogens is 316 g/mol. The number of likely N-dealkylation sites (tertiary alicyclic amines) is 1. The summed E-state index contributed by atoms with van der Waals surface area (Å²) in [6.07, 6.45) is 13.7. The van der Waals surface area contributed by atoms with E-state index >= 15 is 0 Å². The second-order valence-electron chi connectivity index (χ2n) is 8.48. The van der Waals surface area contributed by atoms with Gasteiger partial charge >= 0.3 is 0 Å². The topological polar surface area (TPSA) is 16.1 Å². The Morgan fingerprint density at radius 2 is 1.88 bits per heavy atom. The van der Waals surface area contributed by atoms with E-state index in [0.29, 0.717) is 0 Å². The van der Waals surface area contributed by atoms with Gasteiger partial charge < -0.3 is 0 Å². The molecule has 138 valence electrons. The molecule has 1 aliphatic heterocycles. The molecule has 0 unspecified atom stereocenters. The summed E-state index contributed by atoms with van der Waals surface area (Å²) in [7, 11) is 0. The molecule has 0 radical (unpaired) electrons. The second kappa shape index (κ2) is 7.75. The van der Waals surface area contributed by atoms with E-state index in [4.69, 9.17) is 0 Å². The van der Waals surface area contributed by atoms with Crippen molar-refractivity contribution in [3.8, 4) is 0 Å². The molecule has 0 amide bonds. The number of piperidine rings is 1. The minimum Gasteiger partial charge on any atom is -0.299 e. The van der Waals surface area contributed by atoms with Gasteiger partial charge in [0.05, 0.1) is 0 Å². The number of hydrogen-bond donors (Lipinski definition) is 0. The van der Waals surface area contributed by atoms with E-state index in [1.807, 2.05) is 19.3 Å². The van der Waals surface area contributed by atoms with Crippen LogP contribution in [0.25, 0.3) is 5.57 Å². The molecule has 1 aliphatic carbocycles. The average Bonchev–Trinajstić information content (AvgIpc) is 2.62. The largest absolute Gasteiger partial charge is 0.299 e. The molecule has 0 aromatic carbocycles. The fourth-order valence-corrected chi connectivity index (χ4v) is 3.92. The number of pyridine rings is 1. The Labute approximate surface area is 159 Å². The van der Waals surface area contributed by atoms with Crippen LogP contribution in [-0.2, 0) is 6.54 Å². The minimum absolute atomic E-state index is 0.0956. The third-order valence-corrected chi connectivity index (χ3v) is 5.68. The zero-order valence-corrected chi connectivity index (χ0v) is 16.6. The minimum atomic E-state index is 0.0956. The lowest BCUT2D eigenvalue weighted by Crippen LogP contribution is -2.29. The van der Waals surface area contributed by atoms with Gasteiger partial charge in [-0.3, -0.25) is 9.88 Å². The van der Waals surface area contributed by atoms with Gasteiger partial charge in [0.2, 0.25) is 0 Å². The Kier molecular flexibility index (Phi) is 5.62. The van der Waals surface area contributed by atoms with Crippen molar-refractivity contribution < 1.29 is 0 Å². The second-order valence-corrected chi connectivity index (χ2v) is 8.48. The van der Waals surface area contributed by atoms with Crippen LogP contribution < -0.4 is 0 Å². The molecule has 2 heterocycles. The molecule has 0 spiro atoms. The smallest absolute Gasteiger partial charge is 0.0346 e. The first-order valence-corrected chi connectivity index (χ1v) is 9.81. The Balaban J connectivity index is 1.84. The maximum Gasteiger partial charge on any atom is 0.0346 e. The van der Waals surface area contributed by atoms with Crippen molar-refractivity contribution in [3.05, 3.63) is 71.6 Å².